The summed E-state index contributed by atoms with van der Waals surface area (Å²) in [6.45, 7) is 0.330. The van der Waals surface area contributed by atoms with E-state index in [0.717, 1.165) is 17.7 Å². The Balaban J connectivity index is 1.70. The van der Waals surface area contributed by atoms with Crippen LogP contribution in [0.15, 0.2) is 66.9 Å². The molecule has 0 saturated carbocycles. The number of hydrogen-bond donors (Lipinski definition) is 1. The maximum absolute atomic E-state index is 13.7. The van der Waals surface area contributed by atoms with E-state index in [9.17, 15) is 19.3 Å². The van der Waals surface area contributed by atoms with Crippen molar-refractivity contribution in [1.29, 1.82) is 0 Å². The Morgan fingerprint density at radius 1 is 1.14 bits per heavy atom. The van der Waals surface area contributed by atoms with Gasteiger partial charge in [0.15, 0.2) is 0 Å². The van der Waals surface area contributed by atoms with Gasteiger partial charge in [0.05, 0.1) is 16.2 Å². The highest BCUT2D eigenvalue weighted by atomic mass is 19.1. The van der Waals surface area contributed by atoms with Crippen molar-refractivity contribution in [2.75, 3.05) is 5.32 Å². The molecule has 140 valence electrons. The van der Waals surface area contributed by atoms with Gasteiger partial charge in [-0.1, -0.05) is 30.3 Å². The second kappa shape index (κ2) is 7.07. The first-order valence-electron chi connectivity index (χ1n) is 8.55. The fraction of sp³-hybridized carbons (Fsp3) is 0.100. The highest BCUT2D eigenvalue weighted by Gasteiger charge is 2.38. The molecule has 1 unspecified atom stereocenters. The third-order valence-electron chi connectivity index (χ3n) is 4.54. The molecule has 2 aromatic carbocycles. The molecule has 8 heteroatoms. The van der Waals surface area contributed by atoms with Crippen LogP contribution in [0, 0.1) is 15.9 Å². The van der Waals surface area contributed by atoms with Crippen LogP contribution in [0.4, 0.5) is 15.8 Å². The molecule has 28 heavy (non-hydrogen) atoms. The average molecular weight is 378 g/mol. The van der Waals surface area contributed by atoms with E-state index in [1.165, 1.54) is 6.07 Å². The van der Waals surface area contributed by atoms with E-state index >= 15 is 0 Å². The molecule has 3 aromatic rings. The molecular formula is C20H15FN4O3. The molecule has 4 rings (SSSR count). The van der Waals surface area contributed by atoms with Gasteiger partial charge < -0.3 is 10.2 Å². The minimum absolute atomic E-state index is 0.193. The molecule has 0 radical (unpaired) electrons. The smallest absolute Gasteiger partial charge is 0.306 e. The van der Waals surface area contributed by atoms with Gasteiger partial charge in [-0.25, -0.2) is 0 Å². The van der Waals surface area contributed by atoms with Crippen LogP contribution in [0.5, 0.6) is 0 Å². The third kappa shape index (κ3) is 3.16. The van der Waals surface area contributed by atoms with Crippen LogP contribution in [0.2, 0.25) is 0 Å². The van der Waals surface area contributed by atoms with Crippen LogP contribution < -0.4 is 5.32 Å². The van der Waals surface area contributed by atoms with Gasteiger partial charge >= 0.3 is 5.69 Å². The summed E-state index contributed by atoms with van der Waals surface area (Å²) < 4.78 is 13.7. The van der Waals surface area contributed by atoms with Gasteiger partial charge in [0.2, 0.25) is 5.82 Å². The lowest BCUT2D eigenvalue weighted by Gasteiger charge is -2.26. The first kappa shape index (κ1) is 17.6. The van der Waals surface area contributed by atoms with Crippen LogP contribution in [0.25, 0.3) is 0 Å². The van der Waals surface area contributed by atoms with Gasteiger partial charge in [0.1, 0.15) is 6.17 Å². The minimum Gasteiger partial charge on any atom is -0.360 e. The lowest BCUT2D eigenvalue weighted by Crippen LogP contribution is -2.32. The molecule has 0 spiro atoms. The van der Waals surface area contributed by atoms with Gasteiger partial charge in [-0.05, 0) is 29.8 Å². The van der Waals surface area contributed by atoms with E-state index in [-0.39, 0.29) is 5.91 Å². The normalized spacial score (nSPS) is 15.4. The Kier molecular flexibility index (Phi) is 4.44. The van der Waals surface area contributed by atoms with Crippen LogP contribution in [0.3, 0.4) is 0 Å². The SMILES string of the molecule is O=C1c2cccnc2C(Nc2ccc(F)c([N+](=O)[O-])c2)N1Cc1ccccc1. The molecule has 1 aliphatic rings. The lowest BCUT2D eigenvalue weighted by atomic mass is 10.2. The van der Waals surface area contributed by atoms with E-state index in [0.29, 0.717) is 23.5 Å². The summed E-state index contributed by atoms with van der Waals surface area (Å²) in [5.74, 6) is -1.11. The monoisotopic (exact) mass is 378 g/mol. The number of hydrogen-bond acceptors (Lipinski definition) is 5. The van der Waals surface area contributed by atoms with Crippen molar-refractivity contribution in [2.45, 2.75) is 12.7 Å². The number of amides is 1. The standard InChI is InChI=1S/C20H15FN4O3/c21-16-9-8-14(11-17(16)25(27)28)23-19-18-15(7-4-10-22-18)20(26)24(19)12-13-5-2-1-3-6-13/h1-11,19,23H,12H2. The minimum atomic E-state index is -0.919. The number of carbonyl (C=O) groups is 1. The van der Waals surface area contributed by atoms with Crippen molar-refractivity contribution in [3.63, 3.8) is 0 Å². The van der Waals surface area contributed by atoms with Crippen LogP contribution in [0.1, 0.15) is 27.8 Å². The second-order valence-corrected chi connectivity index (χ2v) is 6.33. The first-order chi connectivity index (χ1) is 13.5. The van der Waals surface area contributed by atoms with Gasteiger partial charge in [-0.2, -0.15) is 4.39 Å². The summed E-state index contributed by atoms with van der Waals surface area (Å²) in [6, 6.07) is 16.4. The lowest BCUT2D eigenvalue weighted by molar-refractivity contribution is -0.387. The maximum atomic E-state index is 13.7. The highest BCUT2D eigenvalue weighted by Crippen LogP contribution is 2.35. The number of halogens is 1. The Morgan fingerprint density at radius 2 is 1.93 bits per heavy atom. The number of nitrogens with zero attached hydrogens (tertiary/aromatic N) is 3. The van der Waals surface area contributed by atoms with E-state index < -0.39 is 22.6 Å². The van der Waals surface area contributed by atoms with Crippen molar-refractivity contribution in [2.24, 2.45) is 0 Å². The molecule has 1 aliphatic heterocycles. The van der Waals surface area contributed by atoms with Crippen molar-refractivity contribution in [1.82, 2.24) is 9.88 Å². The molecule has 0 fully saturated rings. The molecule has 0 saturated heterocycles. The Bertz CT molecular complexity index is 1060. The quantitative estimate of drug-likeness (QED) is 0.537. The van der Waals surface area contributed by atoms with Gasteiger partial charge in [-0.15, -0.1) is 0 Å². The van der Waals surface area contributed by atoms with Gasteiger partial charge in [0, 0.05) is 24.5 Å². The highest BCUT2D eigenvalue weighted by molar-refractivity contribution is 5.98. The van der Waals surface area contributed by atoms with E-state index in [2.05, 4.69) is 10.3 Å². The number of carbonyl (C=O) groups excluding carboxylic acids is 1. The molecule has 7 nitrogen and oxygen atoms in total. The van der Waals surface area contributed by atoms with Crippen molar-refractivity contribution < 1.29 is 14.1 Å². The fourth-order valence-electron chi connectivity index (χ4n) is 3.23. The third-order valence-corrected chi connectivity index (χ3v) is 4.54. The summed E-state index contributed by atoms with van der Waals surface area (Å²) in [7, 11) is 0. The summed E-state index contributed by atoms with van der Waals surface area (Å²) in [4.78, 5) is 29.1. The molecule has 1 N–H and O–H groups in total. The topological polar surface area (TPSA) is 88.4 Å². The number of benzene rings is 2. The zero-order valence-corrected chi connectivity index (χ0v) is 14.6. The number of nitro benzene ring substituents is 1. The van der Waals surface area contributed by atoms with Gasteiger partial charge in [0.25, 0.3) is 5.91 Å². The Hall–Kier alpha value is -3.81. The number of anilines is 1. The van der Waals surface area contributed by atoms with Crippen LogP contribution in [-0.2, 0) is 6.54 Å². The van der Waals surface area contributed by atoms with Gasteiger partial charge in [-0.3, -0.25) is 19.9 Å². The predicted molar refractivity (Wildman–Crippen MR) is 100.0 cm³/mol. The Labute approximate surface area is 159 Å². The number of nitrogens with one attached hydrogen (secondary N) is 1. The number of rotatable bonds is 5. The van der Waals surface area contributed by atoms with Crippen LogP contribution in [-0.4, -0.2) is 20.7 Å². The van der Waals surface area contributed by atoms with E-state index in [1.54, 1.807) is 23.2 Å². The summed E-state index contributed by atoms with van der Waals surface area (Å²) in [5, 5.41) is 14.1. The van der Waals surface area contributed by atoms with Crippen molar-refractivity contribution in [3.8, 4) is 0 Å². The zero-order valence-electron chi connectivity index (χ0n) is 14.6. The largest absolute Gasteiger partial charge is 0.360 e. The predicted octanol–water partition coefficient (Wildman–Crippen LogP) is 3.90. The molecule has 2 heterocycles. The summed E-state index contributed by atoms with van der Waals surface area (Å²) >= 11 is 0. The molecule has 1 aromatic heterocycles. The zero-order chi connectivity index (χ0) is 19.7. The maximum Gasteiger partial charge on any atom is 0.306 e. The summed E-state index contributed by atoms with van der Waals surface area (Å²) in [5.41, 5.74) is 1.61. The van der Waals surface area contributed by atoms with Crippen LogP contribution >= 0.6 is 0 Å². The number of fused-ring (bicyclic) bond motifs is 1. The van der Waals surface area contributed by atoms with Crippen molar-refractivity contribution in [3.05, 3.63) is 99.6 Å². The average Bonchev–Trinajstić information content (AvgIpc) is 2.96. The Morgan fingerprint density at radius 3 is 2.68 bits per heavy atom. The molecular weight excluding hydrogens is 363 g/mol. The number of nitro groups is 1. The number of aromatic nitrogens is 1. The number of pyridine rings is 1. The van der Waals surface area contributed by atoms with Crippen molar-refractivity contribution >= 4 is 17.3 Å². The van der Waals surface area contributed by atoms with E-state index in [1.807, 2.05) is 30.3 Å². The molecule has 1 amide bonds. The molecule has 0 bridgehead atoms. The van der Waals surface area contributed by atoms with E-state index in [4.69, 9.17) is 0 Å². The molecule has 0 aliphatic carbocycles. The molecule has 1 atom stereocenters. The summed E-state index contributed by atoms with van der Waals surface area (Å²) in [6.07, 6.45) is 0.953. The fourth-order valence-corrected chi connectivity index (χ4v) is 3.23. The first-order valence-corrected chi connectivity index (χ1v) is 8.55. The second-order valence-electron chi connectivity index (χ2n) is 6.33.